The lowest BCUT2D eigenvalue weighted by Gasteiger charge is -2.08. The number of rotatable bonds is 3. The number of hydrogen-bond acceptors (Lipinski definition) is 4. The van der Waals surface area contributed by atoms with E-state index in [0.717, 1.165) is 0 Å². The molecule has 0 heterocycles. The molecule has 0 amide bonds. The Hall–Kier alpha value is -2.58. The number of nitro groups is 1. The highest BCUT2D eigenvalue weighted by atomic mass is 35.5. The largest absolute Gasteiger partial charge is 0.355 e. The third kappa shape index (κ3) is 2.87. The van der Waals surface area contributed by atoms with E-state index in [9.17, 15) is 10.1 Å². The van der Waals surface area contributed by atoms with Crippen molar-refractivity contribution in [2.75, 3.05) is 5.32 Å². The zero-order chi connectivity index (χ0) is 14.7. The van der Waals surface area contributed by atoms with Crippen LogP contribution in [0, 0.1) is 28.4 Å². The maximum Gasteiger partial charge on any atom is 0.274 e. The zero-order valence-corrected chi connectivity index (χ0v) is 11.3. The van der Waals surface area contributed by atoms with Gasteiger partial charge in [0.15, 0.2) is 0 Å². The van der Waals surface area contributed by atoms with Crippen LogP contribution in [0.2, 0.25) is 5.02 Å². The minimum absolute atomic E-state index is 0.0507. The maximum atomic E-state index is 10.9. The van der Waals surface area contributed by atoms with Gasteiger partial charge in [-0.3, -0.25) is 10.1 Å². The molecule has 0 bridgehead atoms. The molecular formula is C14H10ClN3O2. The van der Waals surface area contributed by atoms with E-state index < -0.39 is 4.92 Å². The van der Waals surface area contributed by atoms with E-state index in [-0.39, 0.29) is 5.69 Å². The molecule has 0 aliphatic carbocycles. The Morgan fingerprint density at radius 2 is 1.90 bits per heavy atom. The van der Waals surface area contributed by atoms with E-state index in [1.54, 1.807) is 37.3 Å². The fourth-order valence-corrected chi connectivity index (χ4v) is 1.96. The Morgan fingerprint density at radius 1 is 1.25 bits per heavy atom. The molecule has 0 saturated heterocycles. The van der Waals surface area contributed by atoms with Gasteiger partial charge < -0.3 is 5.32 Å². The van der Waals surface area contributed by atoms with Crippen molar-refractivity contribution < 1.29 is 4.92 Å². The third-order valence-corrected chi connectivity index (χ3v) is 3.10. The zero-order valence-electron chi connectivity index (χ0n) is 10.6. The van der Waals surface area contributed by atoms with Gasteiger partial charge in [0.2, 0.25) is 0 Å². The number of nitriles is 1. The van der Waals surface area contributed by atoms with Crippen LogP contribution in [0.1, 0.15) is 11.1 Å². The fourth-order valence-electron chi connectivity index (χ4n) is 1.73. The number of benzene rings is 2. The van der Waals surface area contributed by atoms with E-state index in [1.165, 1.54) is 6.07 Å². The molecule has 2 aromatic rings. The van der Waals surface area contributed by atoms with Crippen molar-refractivity contribution in [1.82, 2.24) is 0 Å². The van der Waals surface area contributed by atoms with E-state index in [2.05, 4.69) is 5.32 Å². The maximum absolute atomic E-state index is 10.9. The Balaban J connectivity index is 2.31. The molecule has 100 valence electrons. The summed E-state index contributed by atoms with van der Waals surface area (Å²) in [7, 11) is 0. The summed E-state index contributed by atoms with van der Waals surface area (Å²) >= 11 is 5.93. The summed E-state index contributed by atoms with van der Waals surface area (Å²) in [6.45, 7) is 1.68. The molecule has 0 aliphatic rings. The Labute approximate surface area is 120 Å². The minimum atomic E-state index is -0.424. The van der Waals surface area contributed by atoms with Crippen LogP contribution in [0.4, 0.5) is 17.1 Å². The molecule has 2 aromatic carbocycles. The van der Waals surface area contributed by atoms with Crippen LogP contribution in [0.5, 0.6) is 0 Å². The second-order valence-corrected chi connectivity index (χ2v) is 4.60. The summed E-state index contributed by atoms with van der Waals surface area (Å²) in [6, 6.07) is 11.7. The normalized spacial score (nSPS) is 9.85. The van der Waals surface area contributed by atoms with Crippen molar-refractivity contribution >= 4 is 28.7 Å². The fraction of sp³-hybridized carbons (Fsp3) is 0.0714. The van der Waals surface area contributed by atoms with Crippen LogP contribution in [0.3, 0.4) is 0 Å². The molecule has 0 aliphatic heterocycles. The number of nitrogens with zero attached hydrogens (tertiary/aromatic N) is 2. The summed E-state index contributed by atoms with van der Waals surface area (Å²) in [5, 5.41) is 23.0. The monoisotopic (exact) mass is 287 g/mol. The van der Waals surface area contributed by atoms with Gasteiger partial charge in [0, 0.05) is 23.0 Å². The molecule has 0 unspecified atom stereocenters. The predicted octanol–water partition coefficient (Wildman–Crippen LogP) is 4.17. The number of aryl methyl sites for hydroxylation is 1. The van der Waals surface area contributed by atoms with Crippen molar-refractivity contribution in [3.63, 3.8) is 0 Å². The van der Waals surface area contributed by atoms with Crippen molar-refractivity contribution in [3.8, 4) is 6.07 Å². The van der Waals surface area contributed by atoms with Gasteiger partial charge in [-0.05, 0) is 31.2 Å². The molecular weight excluding hydrogens is 278 g/mol. The van der Waals surface area contributed by atoms with Gasteiger partial charge in [-0.1, -0.05) is 17.7 Å². The molecule has 5 nitrogen and oxygen atoms in total. The molecule has 0 saturated carbocycles. The van der Waals surface area contributed by atoms with Gasteiger partial charge in [-0.25, -0.2) is 0 Å². The Kier molecular flexibility index (Phi) is 3.87. The Bertz CT molecular complexity index is 723. The Morgan fingerprint density at radius 3 is 2.50 bits per heavy atom. The average molecular weight is 288 g/mol. The summed E-state index contributed by atoms with van der Waals surface area (Å²) < 4.78 is 0. The quantitative estimate of drug-likeness (QED) is 0.678. The first kappa shape index (κ1) is 13.8. The molecule has 0 fully saturated rings. The van der Waals surface area contributed by atoms with E-state index in [4.69, 9.17) is 16.9 Å². The molecule has 0 aromatic heterocycles. The van der Waals surface area contributed by atoms with Crippen molar-refractivity contribution in [1.29, 1.82) is 5.26 Å². The highest BCUT2D eigenvalue weighted by Gasteiger charge is 2.11. The lowest BCUT2D eigenvalue weighted by atomic mass is 10.1. The van der Waals surface area contributed by atoms with Gasteiger partial charge >= 0.3 is 0 Å². The number of nitrogens with one attached hydrogen (secondary N) is 1. The second kappa shape index (κ2) is 5.59. The number of hydrogen-bond donors (Lipinski definition) is 1. The topological polar surface area (TPSA) is 79.0 Å². The first-order chi connectivity index (χ1) is 9.51. The summed E-state index contributed by atoms with van der Waals surface area (Å²) in [6.07, 6.45) is 0. The van der Waals surface area contributed by atoms with Gasteiger partial charge in [-0.2, -0.15) is 5.26 Å². The van der Waals surface area contributed by atoms with Crippen LogP contribution in [-0.2, 0) is 0 Å². The molecule has 0 atom stereocenters. The third-order valence-electron chi connectivity index (χ3n) is 2.78. The number of nitro benzene ring substituents is 1. The molecule has 20 heavy (non-hydrogen) atoms. The van der Waals surface area contributed by atoms with Gasteiger partial charge in [0.05, 0.1) is 15.5 Å². The molecule has 0 radical (unpaired) electrons. The smallest absolute Gasteiger partial charge is 0.274 e. The summed E-state index contributed by atoms with van der Waals surface area (Å²) in [5.74, 6) is 0. The summed E-state index contributed by atoms with van der Waals surface area (Å²) in [5.41, 5.74) is 2.27. The highest BCUT2D eigenvalue weighted by molar-refractivity contribution is 6.32. The lowest BCUT2D eigenvalue weighted by Crippen LogP contribution is -1.95. The summed E-state index contributed by atoms with van der Waals surface area (Å²) in [4.78, 5) is 10.5. The SMILES string of the molecule is Cc1ccc(Nc2ccc(C#N)c(Cl)c2)cc1[N+](=O)[O-]. The molecule has 6 heteroatoms. The van der Waals surface area contributed by atoms with E-state index >= 15 is 0 Å². The van der Waals surface area contributed by atoms with E-state index in [1.807, 2.05) is 6.07 Å². The van der Waals surface area contributed by atoms with E-state index in [0.29, 0.717) is 27.5 Å². The first-order valence-corrected chi connectivity index (χ1v) is 6.11. The van der Waals surface area contributed by atoms with Crippen molar-refractivity contribution in [3.05, 3.63) is 62.7 Å². The van der Waals surface area contributed by atoms with Gasteiger partial charge in [0.1, 0.15) is 6.07 Å². The minimum Gasteiger partial charge on any atom is -0.355 e. The first-order valence-electron chi connectivity index (χ1n) is 5.73. The number of anilines is 2. The second-order valence-electron chi connectivity index (χ2n) is 4.19. The van der Waals surface area contributed by atoms with Crippen LogP contribution < -0.4 is 5.32 Å². The van der Waals surface area contributed by atoms with Crippen molar-refractivity contribution in [2.24, 2.45) is 0 Å². The number of halogens is 1. The lowest BCUT2D eigenvalue weighted by molar-refractivity contribution is -0.385. The molecule has 1 N–H and O–H groups in total. The predicted molar refractivity (Wildman–Crippen MR) is 77.3 cm³/mol. The van der Waals surface area contributed by atoms with Crippen LogP contribution in [0.25, 0.3) is 0 Å². The van der Waals surface area contributed by atoms with Crippen molar-refractivity contribution in [2.45, 2.75) is 6.92 Å². The van der Waals surface area contributed by atoms with Gasteiger partial charge in [0.25, 0.3) is 5.69 Å². The standard InChI is InChI=1S/C14H10ClN3O2/c1-9-2-4-12(7-14(9)18(19)20)17-11-5-3-10(8-16)13(15)6-11/h2-7,17H,1H3. The molecule has 2 rings (SSSR count). The highest BCUT2D eigenvalue weighted by Crippen LogP contribution is 2.27. The molecule has 0 spiro atoms. The van der Waals surface area contributed by atoms with Crippen LogP contribution >= 0.6 is 11.6 Å². The van der Waals surface area contributed by atoms with Crippen LogP contribution in [0.15, 0.2) is 36.4 Å². The van der Waals surface area contributed by atoms with Crippen LogP contribution in [-0.4, -0.2) is 4.92 Å². The average Bonchev–Trinajstić information content (AvgIpc) is 2.41. The van der Waals surface area contributed by atoms with Gasteiger partial charge in [-0.15, -0.1) is 0 Å².